The van der Waals surface area contributed by atoms with Crippen molar-refractivity contribution in [2.45, 2.75) is 43.9 Å². The van der Waals surface area contributed by atoms with Gasteiger partial charge in [0.25, 0.3) is 5.91 Å². The number of carbonyl (C=O) groups is 2. The Bertz CT molecular complexity index is 855. The van der Waals surface area contributed by atoms with E-state index < -0.39 is 23.7 Å². The second kappa shape index (κ2) is 8.94. The monoisotopic (exact) mass is 426 g/mol. The Labute approximate surface area is 170 Å². The van der Waals surface area contributed by atoms with Crippen molar-refractivity contribution < 1.29 is 27.2 Å². The zero-order chi connectivity index (χ0) is 21.0. The highest BCUT2D eigenvalue weighted by Gasteiger charge is 2.42. The minimum Gasteiger partial charge on any atom is -0.459 e. The van der Waals surface area contributed by atoms with E-state index in [2.05, 4.69) is 5.32 Å². The molecule has 0 saturated carbocycles. The first kappa shape index (κ1) is 21.3. The van der Waals surface area contributed by atoms with Crippen molar-refractivity contribution >= 4 is 23.6 Å². The third-order valence-corrected chi connectivity index (χ3v) is 5.97. The number of alkyl halides is 3. The van der Waals surface area contributed by atoms with Crippen LogP contribution in [0.25, 0.3) is 0 Å². The Morgan fingerprint density at radius 2 is 2.07 bits per heavy atom. The number of thioether (sulfide) groups is 1. The molecule has 156 valence electrons. The van der Waals surface area contributed by atoms with E-state index in [1.165, 1.54) is 35.1 Å². The van der Waals surface area contributed by atoms with Gasteiger partial charge in [-0.1, -0.05) is 25.5 Å². The summed E-state index contributed by atoms with van der Waals surface area (Å²) in [6.45, 7) is 1.95. The van der Waals surface area contributed by atoms with E-state index in [-0.39, 0.29) is 23.6 Å². The number of rotatable bonds is 6. The van der Waals surface area contributed by atoms with Gasteiger partial charge in [-0.25, -0.2) is 0 Å². The van der Waals surface area contributed by atoms with Crippen LogP contribution in [-0.4, -0.2) is 33.9 Å². The van der Waals surface area contributed by atoms with Crippen molar-refractivity contribution in [1.82, 2.24) is 10.2 Å². The topological polar surface area (TPSA) is 62.6 Å². The molecule has 0 aliphatic carbocycles. The van der Waals surface area contributed by atoms with Crippen molar-refractivity contribution in [3.8, 4) is 0 Å². The van der Waals surface area contributed by atoms with E-state index in [4.69, 9.17) is 4.42 Å². The van der Waals surface area contributed by atoms with Crippen LogP contribution in [0, 0.1) is 0 Å². The summed E-state index contributed by atoms with van der Waals surface area (Å²) in [5.41, 5.74) is -0.425. The molecule has 29 heavy (non-hydrogen) atoms. The molecule has 3 rings (SSSR count). The largest absolute Gasteiger partial charge is 0.459 e. The summed E-state index contributed by atoms with van der Waals surface area (Å²) in [7, 11) is 0. The Morgan fingerprint density at radius 3 is 2.72 bits per heavy atom. The smallest absolute Gasteiger partial charge is 0.416 e. The fourth-order valence-corrected chi connectivity index (χ4v) is 4.72. The number of amides is 2. The summed E-state index contributed by atoms with van der Waals surface area (Å²) < 4.78 is 43.8. The summed E-state index contributed by atoms with van der Waals surface area (Å²) >= 11 is 1.52. The number of benzene rings is 1. The van der Waals surface area contributed by atoms with Crippen molar-refractivity contribution in [3.05, 3.63) is 59.5 Å². The lowest BCUT2D eigenvalue weighted by molar-refractivity contribution is -0.137. The second-order valence-corrected chi connectivity index (χ2v) is 7.91. The lowest BCUT2D eigenvalue weighted by atomic mass is 10.1. The first-order valence-corrected chi connectivity index (χ1v) is 10.3. The molecule has 1 aromatic carbocycles. The van der Waals surface area contributed by atoms with Gasteiger partial charge < -0.3 is 14.6 Å². The third kappa shape index (κ3) is 4.95. The molecule has 1 aromatic heterocycles. The molecule has 1 N–H and O–H groups in total. The van der Waals surface area contributed by atoms with Gasteiger partial charge in [0.05, 0.1) is 17.2 Å². The van der Waals surface area contributed by atoms with E-state index in [1.807, 2.05) is 6.92 Å². The normalized spacial score (nSPS) is 19.4. The van der Waals surface area contributed by atoms with Gasteiger partial charge in [0.1, 0.15) is 6.04 Å². The van der Waals surface area contributed by atoms with E-state index in [9.17, 15) is 22.8 Å². The first-order valence-electron chi connectivity index (χ1n) is 9.23. The second-order valence-electron chi connectivity index (χ2n) is 6.70. The minimum absolute atomic E-state index is 0.0504. The number of carbonyl (C=O) groups excluding carboxylic acids is 2. The molecule has 9 heteroatoms. The molecule has 0 bridgehead atoms. The van der Waals surface area contributed by atoms with Crippen LogP contribution in [0.3, 0.4) is 0 Å². The molecule has 2 heterocycles. The van der Waals surface area contributed by atoms with Crippen LogP contribution < -0.4 is 5.32 Å². The Morgan fingerprint density at radius 1 is 1.28 bits per heavy atom. The van der Waals surface area contributed by atoms with Gasteiger partial charge in [0.15, 0.2) is 5.76 Å². The van der Waals surface area contributed by atoms with Crippen molar-refractivity contribution in [1.29, 1.82) is 0 Å². The summed E-state index contributed by atoms with van der Waals surface area (Å²) in [6.07, 6.45) is -1.47. The molecular weight excluding hydrogens is 405 g/mol. The van der Waals surface area contributed by atoms with Gasteiger partial charge in [-0.3, -0.25) is 9.59 Å². The van der Waals surface area contributed by atoms with Crippen molar-refractivity contribution in [2.75, 3.05) is 5.75 Å². The molecule has 1 aliphatic rings. The standard InChI is InChI=1S/C20H21F3N2O3S/c1-2-5-17-25(19(27)16-8-4-9-28-16)15(12-29-17)18(26)24-11-13-6-3-7-14(10-13)20(21,22)23/h3-4,6-10,15,17H,2,5,11-12H2,1H3,(H,24,26). The minimum atomic E-state index is -4.44. The zero-order valence-electron chi connectivity index (χ0n) is 15.7. The third-order valence-electron chi connectivity index (χ3n) is 4.62. The molecule has 1 saturated heterocycles. The van der Waals surface area contributed by atoms with E-state index in [1.54, 1.807) is 12.1 Å². The highest BCUT2D eigenvalue weighted by molar-refractivity contribution is 8.00. The number of nitrogens with one attached hydrogen (secondary N) is 1. The van der Waals surface area contributed by atoms with Crippen LogP contribution in [0.15, 0.2) is 47.1 Å². The predicted octanol–water partition coefficient (Wildman–Crippen LogP) is 4.30. The van der Waals surface area contributed by atoms with Crippen LogP contribution in [0.1, 0.15) is 41.4 Å². The van der Waals surface area contributed by atoms with Gasteiger partial charge in [0, 0.05) is 12.3 Å². The van der Waals surface area contributed by atoms with E-state index in [0.29, 0.717) is 11.3 Å². The summed E-state index contributed by atoms with van der Waals surface area (Å²) in [4.78, 5) is 27.1. The number of nitrogens with zero attached hydrogens (tertiary/aromatic N) is 1. The highest BCUT2D eigenvalue weighted by Crippen LogP contribution is 2.34. The van der Waals surface area contributed by atoms with Crippen molar-refractivity contribution in [3.63, 3.8) is 0 Å². The molecule has 0 radical (unpaired) electrons. The molecule has 1 aliphatic heterocycles. The predicted molar refractivity (Wildman–Crippen MR) is 103 cm³/mol. The summed E-state index contributed by atoms with van der Waals surface area (Å²) in [5, 5.41) is 2.52. The lowest BCUT2D eigenvalue weighted by Crippen LogP contribution is -2.49. The van der Waals surface area contributed by atoms with Crippen LogP contribution in [-0.2, 0) is 17.5 Å². The summed E-state index contributed by atoms with van der Waals surface area (Å²) in [5.74, 6) is -0.179. The average molecular weight is 426 g/mol. The number of hydrogen-bond donors (Lipinski definition) is 1. The summed E-state index contributed by atoms with van der Waals surface area (Å²) in [6, 6.07) is 7.26. The maximum Gasteiger partial charge on any atom is 0.416 e. The van der Waals surface area contributed by atoms with Gasteiger partial charge in [-0.2, -0.15) is 13.2 Å². The maximum atomic E-state index is 12.9. The van der Waals surface area contributed by atoms with Gasteiger partial charge in [-0.05, 0) is 36.2 Å². The fraction of sp³-hybridized carbons (Fsp3) is 0.400. The SMILES string of the molecule is CCCC1SCC(C(=O)NCc2cccc(C(F)(F)F)c2)N1C(=O)c1ccco1. The number of halogens is 3. The molecule has 2 amide bonds. The Hall–Kier alpha value is -2.42. The van der Waals surface area contributed by atoms with Crippen LogP contribution in [0.2, 0.25) is 0 Å². The zero-order valence-corrected chi connectivity index (χ0v) is 16.6. The van der Waals surface area contributed by atoms with Gasteiger partial charge in [-0.15, -0.1) is 11.8 Å². The highest BCUT2D eigenvalue weighted by atomic mass is 32.2. The molecule has 0 spiro atoms. The van der Waals surface area contributed by atoms with Crippen LogP contribution in [0.4, 0.5) is 13.2 Å². The quantitative estimate of drug-likeness (QED) is 0.748. The molecule has 2 aromatic rings. The number of furan rings is 1. The molecule has 2 atom stereocenters. The van der Waals surface area contributed by atoms with E-state index >= 15 is 0 Å². The fourth-order valence-electron chi connectivity index (χ4n) is 3.20. The molecule has 2 unspecified atom stereocenters. The van der Waals surface area contributed by atoms with Gasteiger partial charge >= 0.3 is 6.18 Å². The Kier molecular flexibility index (Phi) is 6.56. The number of hydrogen-bond acceptors (Lipinski definition) is 4. The van der Waals surface area contributed by atoms with Gasteiger partial charge in [0.2, 0.25) is 5.91 Å². The maximum absolute atomic E-state index is 12.9. The first-order chi connectivity index (χ1) is 13.8. The Balaban J connectivity index is 1.71. The average Bonchev–Trinajstić information content (AvgIpc) is 3.36. The molecule has 1 fully saturated rings. The van der Waals surface area contributed by atoms with Crippen molar-refractivity contribution in [2.24, 2.45) is 0 Å². The molecule has 5 nitrogen and oxygen atoms in total. The molecular formula is C20H21F3N2O3S. The van der Waals surface area contributed by atoms with Crippen LogP contribution >= 0.6 is 11.8 Å². The van der Waals surface area contributed by atoms with E-state index in [0.717, 1.165) is 25.0 Å². The lowest BCUT2D eigenvalue weighted by Gasteiger charge is -2.28. The van der Waals surface area contributed by atoms with Crippen LogP contribution in [0.5, 0.6) is 0 Å².